The van der Waals surface area contributed by atoms with Crippen LogP contribution in [0.15, 0.2) is 18.2 Å². The summed E-state index contributed by atoms with van der Waals surface area (Å²) in [5, 5.41) is 0. The minimum absolute atomic E-state index is 0.586. The zero-order valence-corrected chi connectivity index (χ0v) is 13.8. The number of thioether (sulfide) groups is 1. The number of benzene rings is 1. The number of fused-ring (bicyclic) bond motifs is 1. The molecule has 21 heavy (non-hydrogen) atoms. The van der Waals surface area contributed by atoms with Gasteiger partial charge in [0.1, 0.15) is 11.3 Å². The quantitative estimate of drug-likeness (QED) is 0.713. The molecule has 0 amide bonds. The van der Waals surface area contributed by atoms with Crippen LogP contribution in [-0.2, 0) is 6.54 Å². The van der Waals surface area contributed by atoms with Crippen LogP contribution in [0.5, 0.6) is 5.75 Å². The van der Waals surface area contributed by atoms with Gasteiger partial charge in [-0.25, -0.2) is 4.98 Å². The molecule has 0 radical (unpaired) electrons. The van der Waals surface area contributed by atoms with Crippen LogP contribution in [0.2, 0.25) is 0 Å². The maximum atomic E-state index is 6.08. The number of hydrogen-bond donors (Lipinski definition) is 1. The molecule has 0 aliphatic heterocycles. The lowest BCUT2D eigenvalue weighted by atomic mass is 10.2. The van der Waals surface area contributed by atoms with Crippen LogP contribution in [0.3, 0.4) is 0 Å². The highest BCUT2D eigenvalue weighted by molar-refractivity contribution is 7.98. The standard InChI is InChI=1S/C16H25N3OS/c1-3-11-20-14-9-7-8-13-15(14)18-16(17)19(13)10-5-4-6-12-21-2/h7-9H,3-6,10-12H2,1-2H3,(H2,17,18). The number of ether oxygens (including phenoxy) is 1. The van der Waals surface area contributed by atoms with Crippen molar-refractivity contribution in [1.82, 2.24) is 9.55 Å². The number of unbranched alkanes of at least 4 members (excludes halogenated alkanes) is 2. The van der Waals surface area contributed by atoms with Crippen molar-refractivity contribution in [2.75, 3.05) is 24.3 Å². The van der Waals surface area contributed by atoms with E-state index in [9.17, 15) is 0 Å². The summed E-state index contributed by atoms with van der Waals surface area (Å²) in [6.07, 6.45) is 6.77. The monoisotopic (exact) mass is 307 g/mol. The zero-order chi connectivity index (χ0) is 15.1. The number of imidazole rings is 1. The summed E-state index contributed by atoms with van der Waals surface area (Å²) in [6, 6.07) is 6.05. The van der Waals surface area contributed by atoms with E-state index in [1.54, 1.807) is 0 Å². The summed E-state index contributed by atoms with van der Waals surface area (Å²) in [5.41, 5.74) is 8.04. The maximum absolute atomic E-state index is 6.08. The molecule has 0 bridgehead atoms. The number of para-hydroxylation sites is 1. The molecular weight excluding hydrogens is 282 g/mol. The number of anilines is 1. The van der Waals surface area contributed by atoms with Gasteiger partial charge in [0, 0.05) is 6.54 Å². The Kier molecular flexibility index (Phi) is 6.23. The van der Waals surface area contributed by atoms with E-state index in [-0.39, 0.29) is 0 Å². The van der Waals surface area contributed by atoms with Crippen LogP contribution in [0.4, 0.5) is 5.95 Å². The van der Waals surface area contributed by atoms with Gasteiger partial charge in [0.15, 0.2) is 0 Å². The Bertz CT molecular complexity index is 568. The highest BCUT2D eigenvalue weighted by Gasteiger charge is 2.11. The number of nitrogens with zero attached hydrogens (tertiary/aromatic N) is 2. The predicted molar refractivity (Wildman–Crippen MR) is 92.2 cm³/mol. The SMILES string of the molecule is CCCOc1cccc2c1nc(N)n2CCCCCSC. The summed E-state index contributed by atoms with van der Waals surface area (Å²) >= 11 is 1.90. The first-order chi connectivity index (χ1) is 10.3. The minimum atomic E-state index is 0.586. The lowest BCUT2D eigenvalue weighted by molar-refractivity contribution is 0.320. The summed E-state index contributed by atoms with van der Waals surface area (Å²) in [7, 11) is 0. The molecule has 0 saturated carbocycles. The molecule has 0 spiro atoms. The molecule has 0 unspecified atom stereocenters. The fourth-order valence-corrected chi connectivity index (χ4v) is 2.89. The average molecular weight is 307 g/mol. The summed E-state index contributed by atoms with van der Waals surface area (Å²) in [5.74, 6) is 2.65. The molecule has 116 valence electrons. The molecule has 1 aromatic carbocycles. The largest absolute Gasteiger partial charge is 0.491 e. The Hall–Kier alpha value is -1.36. The van der Waals surface area contributed by atoms with Crippen LogP contribution in [0.1, 0.15) is 32.6 Å². The zero-order valence-electron chi connectivity index (χ0n) is 13.0. The van der Waals surface area contributed by atoms with E-state index in [4.69, 9.17) is 10.5 Å². The van der Waals surface area contributed by atoms with Crippen molar-refractivity contribution in [3.05, 3.63) is 18.2 Å². The van der Waals surface area contributed by atoms with Crippen LogP contribution in [-0.4, -0.2) is 28.2 Å². The van der Waals surface area contributed by atoms with Gasteiger partial charge in [0.2, 0.25) is 5.95 Å². The van der Waals surface area contributed by atoms with Crippen molar-refractivity contribution in [2.24, 2.45) is 0 Å². The van der Waals surface area contributed by atoms with Gasteiger partial charge in [-0.2, -0.15) is 11.8 Å². The number of aryl methyl sites for hydroxylation is 1. The van der Waals surface area contributed by atoms with Gasteiger partial charge in [0.25, 0.3) is 0 Å². The van der Waals surface area contributed by atoms with Gasteiger partial charge in [-0.15, -0.1) is 0 Å². The van der Waals surface area contributed by atoms with Crippen molar-refractivity contribution in [2.45, 2.75) is 39.2 Å². The van der Waals surface area contributed by atoms with Gasteiger partial charge < -0.3 is 15.0 Å². The first kappa shape index (κ1) is 16.0. The molecule has 0 aliphatic rings. The van der Waals surface area contributed by atoms with Crippen LogP contribution < -0.4 is 10.5 Å². The first-order valence-corrected chi connectivity index (χ1v) is 9.03. The number of nitrogen functional groups attached to an aromatic ring is 1. The average Bonchev–Trinajstić information content (AvgIpc) is 2.81. The normalized spacial score (nSPS) is 11.1. The summed E-state index contributed by atoms with van der Waals surface area (Å²) in [4.78, 5) is 4.49. The minimum Gasteiger partial charge on any atom is -0.491 e. The second kappa shape index (κ2) is 8.17. The van der Waals surface area contributed by atoms with Gasteiger partial charge in [-0.1, -0.05) is 19.4 Å². The maximum Gasteiger partial charge on any atom is 0.201 e. The molecule has 0 fully saturated rings. The van der Waals surface area contributed by atoms with E-state index in [0.29, 0.717) is 12.6 Å². The second-order valence-electron chi connectivity index (χ2n) is 5.15. The van der Waals surface area contributed by atoms with E-state index < -0.39 is 0 Å². The molecule has 1 heterocycles. The van der Waals surface area contributed by atoms with Crippen molar-refractivity contribution in [3.8, 4) is 5.75 Å². The van der Waals surface area contributed by atoms with Crippen molar-refractivity contribution in [3.63, 3.8) is 0 Å². The number of rotatable bonds is 9. The van der Waals surface area contributed by atoms with Crippen molar-refractivity contribution < 1.29 is 4.74 Å². The molecule has 1 aromatic heterocycles. The van der Waals surface area contributed by atoms with Crippen LogP contribution in [0, 0.1) is 0 Å². The molecule has 4 nitrogen and oxygen atoms in total. The fraction of sp³-hybridized carbons (Fsp3) is 0.562. The number of hydrogen-bond acceptors (Lipinski definition) is 4. The second-order valence-corrected chi connectivity index (χ2v) is 6.13. The molecule has 0 saturated heterocycles. The molecule has 0 aliphatic carbocycles. The molecule has 2 rings (SSSR count). The van der Waals surface area contributed by atoms with E-state index in [1.165, 1.54) is 18.6 Å². The molecule has 5 heteroatoms. The van der Waals surface area contributed by atoms with Crippen LogP contribution in [0.25, 0.3) is 11.0 Å². The number of nitrogens with two attached hydrogens (primary N) is 1. The van der Waals surface area contributed by atoms with Gasteiger partial charge in [-0.3, -0.25) is 0 Å². The topological polar surface area (TPSA) is 53.1 Å². The highest BCUT2D eigenvalue weighted by atomic mass is 32.2. The lowest BCUT2D eigenvalue weighted by Gasteiger charge is -2.07. The molecular formula is C16H25N3OS. The molecule has 2 N–H and O–H groups in total. The third kappa shape index (κ3) is 4.06. The fourth-order valence-electron chi connectivity index (χ4n) is 2.40. The Labute approximate surface area is 131 Å². The lowest BCUT2D eigenvalue weighted by Crippen LogP contribution is -2.03. The van der Waals surface area contributed by atoms with Gasteiger partial charge in [0.05, 0.1) is 12.1 Å². The third-order valence-electron chi connectivity index (χ3n) is 3.46. The summed E-state index contributed by atoms with van der Waals surface area (Å²) < 4.78 is 7.86. The summed E-state index contributed by atoms with van der Waals surface area (Å²) in [6.45, 7) is 3.73. The van der Waals surface area contributed by atoms with E-state index in [2.05, 4.69) is 28.8 Å². The van der Waals surface area contributed by atoms with E-state index in [0.717, 1.165) is 36.2 Å². The van der Waals surface area contributed by atoms with Gasteiger partial charge in [-0.05, 0) is 43.4 Å². The first-order valence-electron chi connectivity index (χ1n) is 7.64. The van der Waals surface area contributed by atoms with Crippen LogP contribution >= 0.6 is 11.8 Å². The smallest absolute Gasteiger partial charge is 0.201 e. The van der Waals surface area contributed by atoms with Gasteiger partial charge >= 0.3 is 0 Å². The predicted octanol–water partition coefficient (Wildman–Crippen LogP) is 3.94. The Morgan fingerprint density at radius 2 is 2.14 bits per heavy atom. The third-order valence-corrected chi connectivity index (χ3v) is 4.16. The Balaban J connectivity index is 2.11. The van der Waals surface area contributed by atoms with E-state index in [1.807, 2.05) is 23.9 Å². The van der Waals surface area contributed by atoms with Crippen molar-refractivity contribution in [1.29, 1.82) is 0 Å². The molecule has 2 aromatic rings. The van der Waals surface area contributed by atoms with Crippen molar-refractivity contribution >= 4 is 28.7 Å². The molecule has 0 atom stereocenters. The Morgan fingerprint density at radius 1 is 1.29 bits per heavy atom. The highest BCUT2D eigenvalue weighted by Crippen LogP contribution is 2.27. The number of aromatic nitrogens is 2. The Morgan fingerprint density at radius 3 is 2.90 bits per heavy atom. The van der Waals surface area contributed by atoms with E-state index >= 15 is 0 Å².